The largest absolute Gasteiger partial charge is 0.314 e. The highest BCUT2D eigenvalue weighted by Gasteiger charge is 2.20. The van der Waals surface area contributed by atoms with Gasteiger partial charge in [0.1, 0.15) is 5.65 Å². The Balaban J connectivity index is 1.15. The van der Waals surface area contributed by atoms with Crippen LogP contribution in [-0.4, -0.2) is 9.55 Å². The van der Waals surface area contributed by atoms with Gasteiger partial charge < -0.3 is 4.90 Å². The van der Waals surface area contributed by atoms with Crippen molar-refractivity contribution in [1.29, 1.82) is 0 Å². The topological polar surface area (TPSA) is 21.1 Å². The summed E-state index contributed by atoms with van der Waals surface area (Å²) < 4.78 is 2.31. The van der Waals surface area contributed by atoms with E-state index in [-0.39, 0.29) is 0 Å². The maximum Gasteiger partial charge on any atom is 0.145 e. The molecule has 0 saturated carbocycles. The normalized spacial score (nSPS) is 12.9. The maximum absolute atomic E-state index is 4.96. The molecule has 2 heterocycles. The third-order valence-corrected chi connectivity index (χ3v) is 10.5. The number of anilines is 2. The molecule has 3 nitrogen and oxygen atoms in total. The fraction of sp³-hybridized carbons (Fsp3) is 0.0408. The average Bonchev–Trinajstić information content (AvgIpc) is 3.55. The highest BCUT2D eigenvalue weighted by atomic mass is 15.1. The molecular formula is C49H35N3. The molecule has 0 aliphatic heterocycles. The van der Waals surface area contributed by atoms with Gasteiger partial charge >= 0.3 is 0 Å². The number of benzene rings is 7. The maximum atomic E-state index is 4.96. The van der Waals surface area contributed by atoms with Gasteiger partial charge in [-0.25, -0.2) is 4.98 Å². The summed E-state index contributed by atoms with van der Waals surface area (Å²) in [4.78, 5) is 7.33. The summed E-state index contributed by atoms with van der Waals surface area (Å²) in [7, 11) is 0. The van der Waals surface area contributed by atoms with Crippen molar-refractivity contribution in [3.8, 4) is 27.9 Å². The van der Waals surface area contributed by atoms with E-state index >= 15 is 0 Å². The molecule has 2 aromatic heterocycles. The number of pyridine rings is 1. The van der Waals surface area contributed by atoms with Gasteiger partial charge in [-0.1, -0.05) is 115 Å². The highest BCUT2D eigenvalue weighted by molar-refractivity contribution is 6.22. The molecule has 1 aliphatic carbocycles. The fourth-order valence-corrected chi connectivity index (χ4v) is 8.20. The number of allylic oxidation sites excluding steroid dienone is 4. The molecule has 7 aromatic carbocycles. The Morgan fingerprint density at radius 2 is 1.10 bits per heavy atom. The Hall–Kier alpha value is -6.71. The van der Waals surface area contributed by atoms with E-state index < -0.39 is 0 Å². The van der Waals surface area contributed by atoms with Crippen LogP contribution in [-0.2, 0) is 0 Å². The number of aromatic nitrogens is 2. The first kappa shape index (κ1) is 30.1. The van der Waals surface area contributed by atoms with E-state index in [1.54, 1.807) is 0 Å². The van der Waals surface area contributed by atoms with E-state index in [4.69, 9.17) is 4.98 Å². The quantitative estimate of drug-likeness (QED) is 0.165. The molecule has 0 N–H and O–H groups in total. The predicted octanol–water partition coefficient (Wildman–Crippen LogP) is 13.2. The molecule has 0 spiro atoms. The summed E-state index contributed by atoms with van der Waals surface area (Å²) in [6.45, 7) is 0. The number of rotatable bonds is 6. The molecular weight excluding hydrogens is 631 g/mol. The van der Waals surface area contributed by atoms with Gasteiger partial charge in [0.15, 0.2) is 0 Å². The molecule has 0 atom stereocenters. The van der Waals surface area contributed by atoms with Crippen molar-refractivity contribution in [1.82, 2.24) is 9.55 Å². The van der Waals surface area contributed by atoms with Crippen molar-refractivity contribution in [2.24, 2.45) is 0 Å². The molecule has 1 aliphatic rings. The zero-order valence-electron chi connectivity index (χ0n) is 28.7. The molecule has 52 heavy (non-hydrogen) atoms. The lowest BCUT2D eigenvalue weighted by molar-refractivity contribution is 0.917. The molecule has 0 bridgehead atoms. The minimum absolute atomic E-state index is 0.955. The van der Waals surface area contributed by atoms with Crippen LogP contribution < -0.4 is 4.90 Å². The Morgan fingerprint density at radius 1 is 0.500 bits per heavy atom. The molecule has 10 rings (SSSR count). The summed E-state index contributed by atoms with van der Waals surface area (Å²) in [6.07, 6.45) is 10.6. The van der Waals surface area contributed by atoms with Crippen LogP contribution in [0.15, 0.2) is 194 Å². The van der Waals surface area contributed by atoms with E-state index in [0.717, 1.165) is 40.8 Å². The van der Waals surface area contributed by atoms with Gasteiger partial charge in [-0.3, -0.25) is 4.57 Å². The average molecular weight is 666 g/mol. The number of hydrogen-bond donors (Lipinski definition) is 0. The zero-order chi connectivity index (χ0) is 34.4. The van der Waals surface area contributed by atoms with Crippen molar-refractivity contribution in [3.63, 3.8) is 0 Å². The van der Waals surface area contributed by atoms with Crippen molar-refractivity contribution in [2.45, 2.75) is 12.8 Å². The number of fused-ring (bicyclic) bond motifs is 5. The van der Waals surface area contributed by atoms with Gasteiger partial charge in [0.05, 0.1) is 5.52 Å². The number of para-hydroxylation sites is 1. The van der Waals surface area contributed by atoms with Crippen molar-refractivity contribution >= 4 is 54.9 Å². The summed E-state index contributed by atoms with van der Waals surface area (Å²) in [5, 5.41) is 7.36. The SMILES string of the molecule is C1=CCCC(N(c2ccccc2)c2ccc(-n3c4ccc(-c5c6ccccc6c(-c6ccccc6)c6ccccc56)cc4c4cccnc43)cc2)=C1. The summed E-state index contributed by atoms with van der Waals surface area (Å²) in [5.41, 5.74) is 11.8. The summed E-state index contributed by atoms with van der Waals surface area (Å²) >= 11 is 0. The minimum atomic E-state index is 0.955. The smallest absolute Gasteiger partial charge is 0.145 e. The van der Waals surface area contributed by atoms with E-state index in [1.165, 1.54) is 60.6 Å². The van der Waals surface area contributed by atoms with Crippen LogP contribution in [0.3, 0.4) is 0 Å². The van der Waals surface area contributed by atoms with Crippen LogP contribution in [0.2, 0.25) is 0 Å². The van der Waals surface area contributed by atoms with Gasteiger partial charge in [-0.15, -0.1) is 0 Å². The summed E-state index contributed by atoms with van der Waals surface area (Å²) in [6, 6.07) is 59.3. The minimum Gasteiger partial charge on any atom is -0.314 e. The third-order valence-electron chi connectivity index (χ3n) is 10.5. The lowest BCUT2D eigenvalue weighted by atomic mass is 9.86. The van der Waals surface area contributed by atoms with E-state index in [9.17, 15) is 0 Å². The zero-order valence-corrected chi connectivity index (χ0v) is 28.7. The number of hydrogen-bond acceptors (Lipinski definition) is 2. The molecule has 0 radical (unpaired) electrons. The fourth-order valence-electron chi connectivity index (χ4n) is 8.20. The lowest BCUT2D eigenvalue weighted by Gasteiger charge is -2.29. The van der Waals surface area contributed by atoms with E-state index in [2.05, 4.69) is 185 Å². The van der Waals surface area contributed by atoms with Gasteiger partial charge in [0, 0.05) is 39.7 Å². The van der Waals surface area contributed by atoms with Crippen molar-refractivity contribution in [3.05, 3.63) is 194 Å². The van der Waals surface area contributed by atoms with Crippen LogP contribution in [0.4, 0.5) is 11.4 Å². The molecule has 3 heteroatoms. The molecule has 9 aromatic rings. The predicted molar refractivity (Wildman–Crippen MR) is 219 cm³/mol. The Morgan fingerprint density at radius 3 is 1.75 bits per heavy atom. The van der Waals surface area contributed by atoms with Gasteiger partial charge in [0.25, 0.3) is 0 Å². The molecule has 0 fully saturated rings. The van der Waals surface area contributed by atoms with Crippen LogP contribution in [0, 0.1) is 0 Å². The monoisotopic (exact) mass is 665 g/mol. The van der Waals surface area contributed by atoms with Gasteiger partial charge in [0.2, 0.25) is 0 Å². The molecule has 246 valence electrons. The Labute approximate surface area is 303 Å². The first-order valence-corrected chi connectivity index (χ1v) is 18.0. The van der Waals surface area contributed by atoms with Gasteiger partial charge in [-0.05, 0) is 123 Å². The summed E-state index contributed by atoms with van der Waals surface area (Å²) in [5.74, 6) is 0. The Bertz CT molecular complexity index is 2770. The number of nitrogens with zero attached hydrogens (tertiary/aromatic N) is 3. The molecule has 0 amide bonds. The van der Waals surface area contributed by atoms with Crippen molar-refractivity contribution < 1.29 is 0 Å². The van der Waals surface area contributed by atoms with Crippen LogP contribution in [0.1, 0.15) is 12.8 Å². The van der Waals surface area contributed by atoms with Crippen LogP contribution in [0.25, 0.3) is 71.4 Å². The highest BCUT2D eigenvalue weighted by Crippen LogP contribution is 2.45. The standard InChI is InChI=1S/C49H35N3/c1-4-15-34(16-5-1)47-40-21-10-12-23-42(40)48(43-24-13-11-22-41(43)47)35-26-31-46-45(33-35)44-25-14-32-50-49(44)52(46)39-29-27-38(28-30-39)51(36-17-6-2-7-18-36)37-19-8-3-9-20-37/h1-8,10-19,21-33H,9,20H2. The van der Waals surface area contributed by atoms with Crippen LogP contribution >= 0.6 is 0 Å². The third kappa shape index (κ3) is 4.93. The second-order valence-electron chi connectivity index (χ2n) is 13.5. The van der Waals surface area contributed by atoms with E-state index in [1.807, 2.05) is 12.3 Å². The van der Waals surface area contributed by atoms with Gasteiger partial charge in [-0.2, -0.15) is 0 Å². The first-order valence-electron chi connectivity index (χ1n) is 18.0. The second kappa shape index (κ2) is 12.6. The Kier molecular flexibility index (Phi) is 7.28. The second-order valence-corrected chi connectivity index (χ2v) is 13.5. The van der Waals surface area contributed by atoms with Crippen LogP contribution in [0.5, 0.6) is 0 Å². The molecule has 0 saturated heterocycles. The van der Waals surface area contributed by atoms with Crippen molar-refractivity contribution in [2.75, 3.05) is 4.90 Å². The lowest BCUT2D eigenvalue weighted by Crippen LogP contribution is -2.17. The molecule has 0 unspecified atom stereocenters. The first-order chi connectivity index (χ1) is 25.8. The van der Waals surface area contributed by atoms with E-state index in [0.29, 0.717) is 0 Å².